The van der Waals surface area contributed by atoms with Crippen molar-refractivity contribution in [3.8, 4) is 5.75 Å². The van der Waals surface area contributed by atoms with Crippen molar-refractivity contribution in [2.24, 2.45) is 5.92 Å². The highest BCUT2D eigenvalue weighted by atomic mass is 35.5. The Labute approximate surface area is 144 Å². The smallest absolute Gasteiger partial charge is 0.417 e. The van der Waals surface area contributed by atoms with E-state index in [1.165, 1.54) is 0 Å². The summed E-state index contributed by atoms with van der Waals surface area (Å²) in [6.45, 7) is 1.85. The van der Waals surface area contributed by atoms with Crippen LogP contribution in [-0.2, 0) is 14.3 Å². The molecule has 1 N–H and O–H groups in total. The Balaban J connectivity index is 2.67. The maximum Gasteiger partial charge on any atom is 0.417 e. The zero-order chi connectivity index (χ0) is 19.3. The van der Waals surface area contributed by atoms with Gasteiger partial charge in [0.15, 0.2) is 23.3 Å². The third-order valence-electron chi connectivity index (χ3n) is 4.63. The van der Waals surface area contributed by atoms with E-state index in [9.17, 15) is 31.9 Å². The Morgan fingerprint density at radius 2 is 1.92 bits per heavy atom. The first kappa shape index (κ1) is 19.7. The number of halogens is 6. The Hall–Kier alpha value is -1.61. The van der Waals surface area contributed by atoms with Crippen molar-refractivity contribution in [1.82, 2.24) is 0 Å². The number of benzene rings is 1. The number of ether oxygens (including phenoxy) is 2. The van der Waals surface area contributed by atoms with Gasteiger partial charge < -0.3 is 14.6 Å². The third-order valence-corrected chi connectivity index (χ3v) is 4.90. The average Bonchev–Trinajstić information content (AvgIpc) is 2.81. The highest BCUT2D eigenvalue weighted by molar-refractivity contribution is 6.30. The van der Waals surface area contributed by atoms with Gasteiger partial charge in [0.25, 0.3) is 0 Å². The summed E-state index contributed by atoms with van der Waals surface area (Å²) < 4.78 is 77.0. The quantitative estimate of drug-likeness (QED) is 0.474. The molecule has 10 heteroatoms. The summed E-state index contributed by atoms with van der Waals surface area (Å²) in [6.07, 6.45) is -6.66. The van der Waals surface area contributed by atoms with Gasteiger partial charge >= 0.3 is 12.1 Å². The van der Waals surface area contributed by atoms with Crippen LogP contribution in [0.1, 0.15) is 25.3 Å². The lowest BCUT2D eigenvalue weighted by atomic mass is 9.77. The van der Waals surface area contributed by atoms with Crippen LogP contribution in [0.4, 0.5) is 22.0 Å². The summed E-state index contributed by atoms with van der Waals surface area (Å²) in [5.74, 6) is -8.57. The van der Waals surface area contributed by atoms with Gasteiger partial charge in [-0.15, -0.1) is 0 Å². The van der Waals surface area contributed by atoms with Gasteiger partial charge in [-0.25, -0.2) is 9.18 Å². The molecule has 1 heterocycles. The molecule has 0 amide bonds. The van der Waals surface area contributed by atoms with E-state index in [1.807, 2.05) is 0 Å². The molecule has 140 valence electrons. The van der Waals surface area contributed by atoms with Crippen LogP contribution in [0.2, 0.25) is 5.02 Å². The molecule has 1 aliphatic rings. The molecule has 0 saturated carbocycles. The Morgan fingerprint density at radius 3 is 2.40 bits per heavy atom. The van der Waals surface area contributed by atoms with E-state index in [-0.39, 0.29) is 0 Å². The Bertz CT molecular complexity index is 708. The lowest BCUT2D eigenvalue weighted by molar-refractivity contribution is -0.274. The van der Waals surface area contributed by atoms with Crippen LogP contribution in [0.5, 0.6) is 5.75 Å². The fourth-order valence-corrected chi connectivity index (χ4v) is 3.18. The topological polar surface area (TPSA) is 55.8 Å². The predicted molar refractivity (Wildman–Crippen MR) is 76.3 cm³/mol. The summed E-state index contributed by atoms with van der Waals surface area (Å²) in [4.78, 5) is 11.9. The first-order valence-corrected chi connectivity index (χ1v) is 7.43. The maximum absolute atomic E-state index is 13.8. The zero-order valence-electron chi connectivity index (χ0n) is 13.2. The van der Waals surface area contributed by atoms with E-state index in [0.717, 1.165) is 27.0 Å². The Kier molecular flexibility index (Phi) is 4.95. The van der Waals surface area contributed by atoms with E-state index in [1.54, 1.807) is 0 Å². The number of esters is 1. The van der Waals surface area contributed by atoms with Crippen LogP contribution < -0.4 is 0 Å². The van der Waals surface area contributed by atoms with Crippen molar-refractivity contribution in [2.75, 3.05) is 7.11 Å². The number of carbonyl (C=O) groups is 1. The molecule has 25 heavy (non-hydrogen) atoms. The molecule has 0 aliphatic carbocycles. The minimum atomic E-state index is -4.87. The van der Waals surface area contributed by atoms with Crippen molar-refractivity contribution < 1.29 is 41.3 Å². The van der Waals surface area contributed by atoms with E-state index < -0.39 is 63.7 Å². The summed E-state index contributed by atoms with van der Waals surface area (Å²) in [7, 11) is 0.939. The highest BCUT2D eigenvalue weighted by Gasteiger charge is 2.66. The molecular formula is C15H14ClF5O4. The lowest BCUT2D eigenvalue weighted by Crippen LogP contribution is -2.47. The van der Waals surface area contributed by atoms with Gasteiger partial charge in [0, 0.05) is 17.4 Å². The van der Waals surface area contributed by atoms with Crippen LogP contribution in [0, 0.1) is 17.6 Å². The minimum Gasteiger partial charge on any atom is -0.505 e. The van der Waals surface area contributed by atoms with Gasteiger partial charge in [0.05, 0.1) is 12.1 Å². The fraction of sp³-hybridized carbons (Fsp3) is 0.533. The van der Waals surface area contributed by atoms with Gasteiger partial charge in [-0.1, -0.05) is 18.5 Å². The fourth-order valence-electron chi connectivity index (χ4n) is 2.98. The van der Waals surface area contributed by atoms with Gasteiger partial charge in [-0.05, 0) is 13.0 Å². The molecule has 4 atom stereocenters. The second-order valence-corrected chi connectivity index (χ2v) is 6.31. The normalized spacial score (nSPS) is 29.7. The van der Waals surface area contributed by atoms with Crippen molar-refractivity contribution in [2.45, 2.75) is 37.6 Å². The van der Waals surface area contributed by atoms with Crippen molar-refractivity contribution in [3.63, 3.8) is 0 Å². The summed E-state index contributed by atoms with van der Waals surface area (Å²) >= 11 is 5.53. The maximum atomic E-state index is 13.8. The molecule has 2 rings (SSSR count). The van der Waals surface area contributed by atoms with Crippen molar-refractivity contribution in [1.29, 1.82) is 0 Å². The molecule has 1 saturated heterocycles. The number of aromatic hydroxyl groups is 1. The number of alkyl halides is 3. The minimum absolute atomic E-state index is 0.472. The predicted octanol–water partition coefficient (Wildman–Crippen LogP) is 3.94. The molecule has 1 aromatic rings. The van der Waals surface area contributed by atoms with E-state index >= 15 is 0 Å². The molecule has 1 fully saturated rings. The van der Waals surface area contributed by atoms with Crippen LogP contribution in [0.3, 0.4) is 0 Å². The van der Waals surface area contributed by atoms with Gasteiger partial charge in [-0.2, -0.15) is 17.6 Å². The van der Waals surface area contributed by atoms with E-state index in [0.29, 0.717) is 0 Å². The number of carbonyl (C=O) groups excluding carboxylic acids is 1. The SMILES string of the molecule is COC(=O)[C@@H]1OC(C)(C(F)(F)F)C(C)C1c1cc(Cl)c(F)c(F)c1O. The molecule has 4 nitrogen and oxygen atoms in total. The molecule has 0 radical (unpaired) electrons. The second kappa shape index (κ2) is 6.28. The number of phenolic OH excluding ortho intramolecular Hbond substituents is 1. The molecule has 3 unspecified atom stereocenters. The first-order valence-electron chi connectivity index (χ1n) is 7.05. The summed E-state index contributed by atoms with van der Waals surface area (Å²) in [5.41, 5.74) is -3.25. The molecule has 1 aliphatic heterocycles. The third kappa shape index (κ3) is 2.93. The molecule has 0 aromatic heterocycles. The summed E-state index contributed by atoms with van der Waals surface area (Å²) in [5, 5.41) is 9.12. The van der Waals surface area contributed by atoms with Crippen LogP contribution in [0.25, 0.3) is 0 Å². The van der Waals surface area contributed by atoms with Crippen molar-refractivity contribution >= 4 is 17.6 Å². The highest BCUT2D eigenvalue weighted by Crippen LogP contribution is 2.55. The Morgan fingerprint density at radius 1 is 1.36 bits per heavy atom. The largest absolute Gasteiger partial charge is 0.505 e. The van der Waals surface area contributed by atoms with Gasteiger partial charge in [0.1, 0.15) is 0 Å². The van der Waals surface area contributed by atoms with Crippen LogP contribution >= 0.6 is 11.6 Å². The molecular weight excluding hydrogens is 375 g/mol. The molecule has 1 aromatic carbocycles. The number of phenols is 1. The standard InChI is InChI=1S/C15H14ClF5O4/c1-5-8(6-4-7(16)9(17)10(18)11(6)22)12(13(23)24-3)25-14(5,2)15(19,20)21/h4-5,8,12,22H,1-3H3/t5?,8?,12-,14?/m1/s1. The number of methoxy groups -OCH3 is 1. The van der Waals surface area contributed by atoms with Crippen molar-refractivity contribution in [3.05, 3.63) is 28.3 Å². The first-order chi connectivity index (χ1) is 11.4. The number of hydrogen-bond donors (Lipinski definition) is 1. The van der Waals surface area contributed by atoms with Crippen LogP contribution in [0.15, 0.2) is 6.07 Å². The van der Waals surface area contributed by atoms with Gasteiger partial charge in [-0.3, -0.25) is 0 Å². The number of rotatable bonds is 2. The van der Waals surface area contributed by atoms with E-state index in [4.69, 9.17) is 16.3 Å². The van der Waals surface area contributed by atoms with Crippen LogP contribution in [-0.4, -0.2) is 36.1 Å². The molecule has 0 bridgehead atoms. The van der Waals surface area contributed by atoms with E-state index in [2.05, 4.69) is 4.74 Å². The number of hydrogen-bond acceptors (Lipinski definition) is 4. The summed E-state index contributed by atoms with van der Waals surface area (Å²) in [6, 6.07) is 0.776. The average molecular weight is 389 g/mol. The second-order valence-electron chi connectivity index (χ2n) is 5.91. The van der Waals surface area contributed by atoms with Gasteiger partial charge in [0.2, 0.25) is 5.82 Å². The zero-order valence-corrected chi connectivity index (χ0v) is 14.0. The monoisotopic (exact) mass is 388 g/mol. The lowest BCUT2D eigenvalue weighted by Gasteiger charge is -2.31. The molecule has 0 spiro atoms.